The van der Waals surface area contributed by atoms with Crippen LogP contribution in [-0.4, -0.2) is 18.9 Å². The maximum atomic E-state index is 11.6. The molecule has 0 aliphatic heterocycles. The Bertz CT molecular complexity index is 388. The summed E-state index contributed by atoms with van der Waals surface area (Å²) in [5, 5.41) is 3.64. The molecule has 0 fully saturated rings. The molecular weight excluding hydrogens is 222 g/mol. The van der Waals surface area contributed by atoms with Crippen molar-refractivity contribution in [3.8, 4) is 0 Å². The van der Waals surface area contributed by atoms with E-state index in [0.717, 1.165) is 11.1 Å². The van der Waals surface area contributed by atoms with E-state index in [2.05, 4.69) is 11.9 Å². The monoisotopic (exact) mass is 237 g/mol. The van der Waals surface area contributed by atoms with Crippen LogP contribution >= 0.6 is 11.6 Å². The molecule has 0 radical (unpaired) electrons. The minimum atomic E-state index is 0.132. The molecule has 1 rings (SSSR count). The Labute approximate surface area is 101 Å². The molecule has 0 saturated carbocycles. The van der Waals surface area contributed by atoms with Gasteiger partial charge in [-0.25, -0.2) is 0 Å². The number of carbonyl (C=O) groups is 1. The van der Waals surface area contributed by atoms with Crippen LogP contribution in [-0.2, 0) is 11.2 Å². The quantitative estimate of drug-likeness (QED) is 0.609. The first-order valence-electron chi connectivity index (χ1n) is 5.22. The van der Waals surface area contributed by atoms with Crippen LogP contribution in [0.4, 0.5) is 0 Å². The molecule has 0 unspecified atom stereocenters. The summed E-state index contributed by atoms with van der Waals surface area (Å²) in [6, 6.07) is 5.75. The molecule has 0 heterocycles. The molecule has 0 aliphatic carbocycles. The van der Waals surface area contributed by atoms with Crippen LogP contribution in [0.2, 0.25) is 5.02 Å². The Hall–Kier alpha value is -1.12. The van der Waals surface area contributed by atoms with Crippen molar-refractivity contribution in [2.75, 3.05) is 13.1 Å². The highest BCUT2D eigenvalue weighted by molar-refractivity contribution is 6.31. The summed E-state index contributed by atoms with van der Waals surface area (Å²) < 4.78 is 0. The molecule has 1 N–H and O–H groups in total. The average molecular weight is 238 g/mol. The molecule has 0 bridgehead atoms. The van der Waals surface area contributed by atoms with Gasteiger partial charge in [-0.15, -0.1) is 6.58 Å². The second-order valence-corrected chi connectivity index (χ2v) is 4.14. The number of rotatable bonds is 6. The van der Waals surface area contributed by atoms with Gasteiger partial charge >= 0.3 is 0 Å². The van der Waals surface area contributed by atoms with Gasteiger partial charge in [-0.05, 0) is 24.1 Å². The maximum absolute atomic E-state index is 11.6. The lowest BCUT2D eigenvalue weighted by molar-refractivity contribution is -0.117. The summed E-state index contributed by atoms with van der Waals surface area (Å²) in [5.74, 6) is 0.132. The number of halogens is 1. The van der Waals surface area contributed by atoms with Gasteiger partial charge in [0.15, 0.2) is 5.78 Å². The van der Waals surface area contributed by atoms with Gasteiger partial charge in [0.05, 0.1) is 6.54 Å². The highest BCUT2D eigenvalue weighted by atomic mass is 35.5. The van der Waals surface area contributed by atoms with Gasteiger partial charge in [0.25, 0.3) is 0 Å². The number of carbonyl (C=O) groups excluding carboxylic acids is 1. The first kappa shape index (κ1) is 12.9. The summed E-state index contributed by atoms with van der Waals surface area (Å²) in [6.07, 6.45) is 2.11. The predicted molar refractivity (Wildman–Crippen MR) is 68.0 cm³/mol. The molecule has 0 atom stereocenters. The number of aryl methyl sites for hydroxylation is 1. The second kappa shape index (κ2) is 6.46. The zero-order valence-corrected chi connectivity index (χ0v) is 10.2. The summed E-state index contributed by atoms with van der Waals surface area (Å²) in [7, 11) is 0. The topological polar surface area (TPSA) is 29.1 Å². The number of Topliss-reactive ketones (excluding diaryl/α,β-unsaturated/α-hetero) is 1. The fourth-order valence-corrected chi connectivity index (χ4v) is 1.69. The van der Waals surface area contributed by atoms with Crippen LogP contribution in [0.25, 0.3) is 0 Å². The van der Waals surface area contributed by atoms with E-state index in [1.54, 1.807) is 6.08 Å². The maximum Gasteiger partial charge on any atom is 0.151 e. The molecular formula is C13H16ClNO. The first-order valence-corrected chi connectivity index (χ1v) is 5.59. The van der Waals surface area contributed by atoms with Crippen LogP contribution in [0.5, 0.6) is 0 Å². The van der Waals surface area contributed by atoms with E-state index >= 15 is 0 Å². The van der Waals surface area contributed by atoms with Crippen molar-refractivity contribution in [3.05, 3.63) is 47.0 Å². The number of nitrogens with one attached hydrogen (secondary N) is 1. The molecule has 0 spiro atoms. The van der Waals surface area contributed by atoms with E-state index in [1.165, 1.54) is 0 Å². The molecule has 1 aromatic carbocycles. The van der Waals surface area contributed by atoms with Gasteiger partial charge in [0, 0.05) is 18.0 Å². The van der Waals surface area contributed by atoms with E-state index in [4.69, 9.17) is 11.6 Å². The molecule has 3 heteroatoms. The summed E-state index contributed by atoms with van der Waals surface area (Å²) in [6.45, 7) is 6.55. The largest absolute Gasteiger partial charge is 0.307 e. The fourth-order valence-electron chi connectivity index (χ4n) is 1.38. The van der Waals surface area contributed by atoms with Gasteiger partial charge in [0.2, 0.25) is 0 Å². The van der Waals surface area contributed by atoms with Crippen LogP contribution in [0, 0.1) is 6.92 Å². The molecule has 86 valence electrons. The lowest BCUT2D eigenvalue weighted by atomic mass is 10.1. The van der Waals surface area contributed by atoms with E-state index < -0.39 is 0 Å². The molecule has 0 aliphatic rings. The third-order valence-corrected chi connectivity index (χ3v) is 2.56. The van der Waals surface area contributed by atoms with E-state index in [9.17, 15) is 4.79 Å². The van der Waals surface area contributed by atoms with Gasteiger partial charge in [-0.3, -0.25) is 4.79 Å². The van der Waals surface area contributed by atoms with Crippen LogP contribution < -0.4 is 5.32 Å². The molecule has 0 amide bonds. The summed E-state index contributed by atoms with van der Waals surface area (Å²) in [5.41, 5.74) is 1.99. The van der Waals surface area contributed by atoms with Crippen molar-refractivity contribution in [3.63, 3.8) is 0 Å². The SMILES string of the molecule is C=CCNCC(=O)Cc1ccc(C)cc1Cl. The average Bonchev–Trinajstić information content (AvgIpc) is 2.23. The van der Waals surface area contributed by atoms with E-state index in [1.807, 2.05) is 25.1 Å². The minimum Gasteiger partial charge on any atom is -0.307 e. The lowest BCUT2D eigenvalue weighted by Gasteiger charge is -2.05. The van der Waals surface area contributed by atoms with E-state index in [-0.39, 0.29) is 5.78 Å². The van der Waals surface area contributed by atoms with Crippen molar-refractivity contribution < 1.29 is 4.79 Å². The zero-order valence-electron chi connectivity index (χ0n) is 9.42. The molecule has 1 aromatic rings. The third-order valence-electron chi connectivity index (χ3n) is 2.21. The smallest absolute Gasteiger partial charge is 0.151 e. The number of benzene rings is 1. The molecule has 2 nitrogen and oxygen atoms in total. The van der Waals surface area contributed by atoms with E-state index in [0.29, 0.717) is 24.5 Å². The Morgan fingerprint density at radius 3 is 2.94 bits per heavy atom. The van der Waals surface area contributed by atoms with Gasteiger partial charge in [-0.1, -0.05) is 29.8 Å². The highest BCUT2D eigenvalue weighted by Gasteiger charge is 2.06. The van der Waals surface area contributed by atoms with Crippen LogP contribution in [0.15, 0.2) is 30.9 Å². The Balaban J connectivity index is 2.52. The zero-order chi connectivity index (χ0) is 12.0. The number of ketones is 1. The molecule has 0 saturated heterocycles. The van der Waals surface area contributed by atoms with Crippen molar-refractivity contribution in [1.29, 1.82) is 0 Å². The number of hydrogen-bond acceptors (Lipinski definition) is 2. The first-order chi connectivity index (χ1) is 7.63. The molecule has 0 aromatic heterocycles. The van der Waals surface area contributed by atoms with Gasteiger partial charge < -0.3 is 5.32 Å². The van der Waals surface area contributed by atoms with Crippen LogP contribution in [0.1, 0.15) is 11.1 Å². The Morgan fingerprint density at radius 2 is 2.31 bits per heavy atom. The standard InChI is InChI=1S/C13H16ClNO/c1-3-6-15-9-12(16)8-11-5-4-10(2)7-13(11)14/h3-5,7,15H,1,6,8-9H2,2H3. The summed E-state index contributed by atoms with van der Waals surface area (Å²) >= 11 is 6.05. The third kappa shape index (κ3) is 4.17. The second-order valence-electron chi connectivity index (χ2n) is 3.73. The van der Waals surface area contributed by atoms with Gasteiger partial charge in [-0.2, -0.15) is 0 Å². The molecule has 16 heavy (non-hydrogen) atoms. The fraction of sp³-hybridized carbons (Fsp3) is 0.308. The summed E-state index contributed by atoms with van der Waals surface area (Å²) in [4.78, 5) is 11.6. The normalized spacial score (nSPS) is 10.1. The highest BCUT2D eigenvalue weighted by Crippen LogP contribution is 2.18. The van der Waals surface area contributed by atoms with Crippen molar-refractivity contribution >= 4 is 17.4 Å². The minimum absolute atomic E-state index is 0.132. The predicted octanol–water partition coefficient (Wildman–Crippen LogP) is 2.54. The van der Waals surface area contributed by atoms with Crippen molar-refractivity contribution in [2.24, 2.45) is 0 Å². The van der Waals surface area contributed by atoms with Gasteiger partial charge in [0.1, 0.15) is 0 Å². The van der Waals surface area contributed by atoms with Crippen LogP contribution in [0.3, 0.4) is 0 Å². The number of hydrogen-bond donors (Lipinski definition) is 1. The van der Waals surface area contributed by atoms with Crippen molar-refractivity contribution in [1.82, 2.24) is 5.32 Å². The Morgan fingerprint density at radius 1 is 1.56 bits per heavy atom. The van der Waals surface area contributed by atoms with Crippen molar-refractivity contribution in [2.45, 2.75) is 13.3 Å². The lowest BCUT2D eigenvalue weighted by Crippen LogP contribution is -2.24. The Kier molecular flexibility index (Phi) is 5.23.